The van der Waals surface area contributed by atoms with Crippen LogP contribution < -0.4 is 21.7 Å². The van der Waals surface area contributed by atoms with Crippen molar-refractivity contribution in [3.8, 4) is 0 Å². The maximum atomic E-state index is 13.7. The first-order chi connectivity index (χ1) is 19.9. The van der Waals surface area contributed by atoms with E-state index in [1.54, 1.807) is 36.5 Å². The maximum Gasteiger partial charge on any atom is 0.326 e. The third kappa shape index (κ3) is 9.16. The Hall–Kier alpha value is -4.71. The normalized spacial score (nSPS) is 14.0. The fourth-order valence-corrected chi connectivity index (χ4v) is 4.59. The van der Waals surface area contributed by atoms with Gasteiger partial charge in [0, 0.05) is 29.9 Å². The molecule has 0 aliphatic heterocycles. The van der Waals surface area contributed by atoms with Crippen LogP contribution in [0.15, 0.2) is 60.8 Å². The first-order valence-electron chi connectivity index (χ1n) is 13.6. The zero-order chi connectivity index (χ0) is 30.8. The van der Waals surface area contributed by atoms with E-state index in [1.807, 2.05) is 38.1 Å². The highest BCUT2D eigenvalue weighted by molar-refractivity contribution is 5.95. The number of carbonyl (C=O) groups is 5. The van der Waals surface area contributed by atoms with E-state index in [9.17, 15) is 29.1 Å². The SMILES string of the molecule is CC(C)CC(NC(=O)C(Cc1ccccc1)NC(=O)C(Cc1c[nH]c2ccccc12)NC(=O)C(N)CC(=O)O)C(=O)O. The molecule has 42 heavy (non-hydrogen) atoms. The first kappa shape index (κ1) is 31.8. The molecule has 2 aromatic carbocycles. The Kier molecular flexibility index (Phi) is 11.2. The second-order valence-electron chi connectivity index (χ2n) is 10.6. The minimum absolute atomic E-state index is 0.00611. The van der Waals surface area contributed by atoms with Gasteiger partial charge in [-0.3, -0.25) is 19.2 Å². The van der Waals surface area contributed by atoms with E-state index in [4.69, 9.17) is 10.8 Å². The number of rotatable bonds is 15. The molecule has 12 heteroatoms. The summed E-state index contributed by atoms with van der Waals surface area (Å²) in [6.45, 7) is 3.66. The molecule has 3 aromatic rings. The molecule has 1 heterocycles. The number of amides is 3. The monoisotopic (exact) mass is 579 g/mol. The minimum atomic E-state index is -1.41. The Labute approximate surface area is 243 Å². The highest BCUT2D eigenvalue weighted by Gasteiger charge is 2.31. The summed E-state index contributed by atoms with van der Waals surface area (Å²) in [6, 6.07) is 11.3. The van der Waals surface area contributed by atoms with Crippen molar-refractivity contribution in [1.29, 1.82) is 0 Å². The van der Waals surface area contributed by atoms with E-state index in [0.717, 1.165) is 16.5 Å². The summed E-state index contributed by atoms with van der Waals surface area (Å²) in [5, 5.41) is 27.3. The number of aromatic amines is 1. The predicted octanol–water partition coefficient (Wildman–Crippen LogP) is 1.34. The molecule has 3 rings (SSSR count). The summed E-state index contributed by atoms with van der Waals surface area (Å²) in [5.74, 6) is -4.74. The molecular formula is C30H37N5O7. The highest BCUT2D eigenvalue weighted by Crippen LogP contribution is 2.19. The molecule has 0 saturated carbocycles. The van der Waals surface area contributed by atoms with E-state index in [2.05, 4.69) is 20.9 Å². The average molecular weight is 580 g/mol. The predicted molar refractivity (Wildman–Crippen MR) is 155 cm³/mol. The zero-order valence-corrected chi connectivity index (χ0v) is 23.5. The number of carboxylic acids is 2. The van der Waals surface area contributed by atoms with E-state index in [1.165, 1.54) is 0 Å². The number of hydrogen-bond donors (Lipinski definition) is 7. The summed E-state index contributed by atoms with van der Waals surface area (Å²) in [7, 11) is 0. The van der Waals surface area contributed by atoms with Gasteiger partial charge >= 0.3 is 11.9 Å². The number of aliphatic carboxylic acids is 2. The molecule has 0 aliphatic rings. The lowest BCUT2D eigenvalue weighted by Gasteiger charge is -2.25. The number of hydrogen-bond acceptors (Lipinski definition) is 6. The van der Waals surface area contributed by atoms with Crippen LogP contribution in [0.1, 0.15) is 37.8 Å². The smallest absolute Gasteiger partial charge is 0.326 e. The number of carboxylic acid groups (broad SMARTS) is 2. The number of fused-ring (bicyclic) bond motifs is 1. The molecule has 8 N–H and O–H groups in total. The van der Waals surface area contributed by atoms with E-state index >= 15 is 0 Å². The molecule has 0 fully saturated rings. The largest absolute Gasteiger partial charge is 0.481 e. The van der Waals surface area contributed by atoms with E-state index in [-0.39, 0.29) is 25.2 Å². The van der Waals surface area contributed by atoms with Crippen molar-refractivity contribution in [3.63, 3.8) is 0 Å². The molecular weight excluding hydrogens is 542 g/mol. The highest BCUT2D eigenvalue weighted by atomic mass is 16.4. The number of para-hydroxylation sites is 1. The second kappa shape index (κ2) is 14.8. The van der Waals surface area contributed by atoms with Crippen LogP contribution in [0.2, 0.25) is 0 Å². The summed E-state index contributed by atoms with van der Waals surface area (Å²) in [5.41, 5.74) is 7.98. The number of carbonyl (C=O) groups excluding carboxylic acids is 3. The van der Waals surface area contributed by atoms with Gasteiger partial charge in [-0.2, -0.15) is 0 Å². The van der Waals surface area contributed by atoms with Crippen LogP contribution in [-0.4, -0.2) is 69.0 Å². The van der Waals surface area contributed by atoms with Gasteiger partial charge in [-0.15, -0.1) is 0 Å². The van der Waals surface area contributed by atoms with Gasteiger partial charge in [0.15, 0.2) is 0 Å². The van der Waals surface area contributed by atoms with E-state index in [0.29, 0.717) is 5.56 Å². The van der Waals surface area contributed by atoms with Crippen molar-refractivity contribution >= 4 is 40.6 Å². The van der Waals surface area contributed by atoms with Crippen molar-refractivity contribution in [2.45, 2.75) is 63.7 Å². The summed E-state index contributed by atoms with van der Waals surface area (Å²) in [4.78, 5) is 65.9. The molecule has 4 unspecified atom stereocenters. The Bertz CT molecular complexity index is 1410. The van der Waals surface area contributed by atoms with Crippen LogP contribution in [0.5, 0.6) is 0 Å². The van der Waals surface area contributed by atoms with Crippen LogP contribution in [0, 0.1) is 5.92 Å². The van der Waals surface area contributed by atoms with Crippen LogP contribution in [0.3, 0.4) is 0 Å². The topological polar surface area (TPSA) is 204 Å². The van der Waals surface area contributed by atoms with Crippen molar-refractivity contribution < 1.29 is 34.2 Å². The van der Waals surface area contributed by atoms with Crippen LogP contribution in [-0.2, 0) is 36.8 Å². The van der Waals surface area contributed by atoms with Gasteiger partial charge in [-0.05, 0) is 29.5 Å². The van der Waals surface area contributed by atoms with Gasteiger partial charge in [-0.1, -0.05) is 62.4 Å². The van der Waals surface area contributed by atoms with Crippen LogP contribution in [0.25, 0.3) is 10.9 Å². The van der Waals surface area contributed by atoms with E-state index < -0.39 is 60.2 Å². The number of benzene rings is 2. The summed E-state index contributed by atoms with van der Waals surface area (Å²) in [6.07, 6.45) is 1.31. The fraction of sp³-hybridized carbons (Fsp3) is 0.367. The average Bonchev–Trinajstić information content (AvgIpc) is 3.34. The second-order valence-corrected chi connectivity index (χ2v) is 10.6. The lowest BCUT2D eigenvalue weighted by Crippen LogP contribution is -2.58. The Morgan fingerprint density at radius 1 is 0.786 bits per heavy atom. The molecule has 3 amide bonds. The van der Waals surface area contributed by atoms with Gasteiger partial charge in [-0.25, -0.2) is 4.79 Å². The number of nitrogens with two attached hydrogens (primary N) is 1. The minimum Gasteiger partial charge on any atom is -0.481 e. The molecule has 4 atom stereocenters. The van der Waals surface area contributed by atoms with Gasteiger partial charge < -0.3 is 36.9 Å². The first-order valence-corrected chi connectivity index (χ1v) is 13.6. The molecule has 0 bridgehead atoms. The van der Waals surface area contributed by atoms with Crippen molar-refractivity contribution in [2.24, 2.45) is 11.7 Å². The van der Waals surface area contributed by atoms with Crippen molar-refractivity contribution in [2.75, 3.05) is 0 Å². The Morgan fingerprint density at radius 3 is 1.98 bits per heavy atom. The third-order valence-corrected chi connectivity index (χ3v) is 6.70. The molecule has 1 aromatic heterocycles. The maximum absolute atomic E-state index is 13.7. The lowest BCUT2D eigenvalue weighted by atomic mass is 10.00. The Balaban J connectivity index is 1.89. The van der Waals surface area contributed by atoms with Crippen molar-refractivity contribution in [3.05, 3.63) is 71.9 Å². The molecule has 12 nitrogen and oxygen atoms in total. The molecule has 224 valence electrons. The molecule has 0 spiro atoms. The summed E-state index contributed by atoms with van der Waals surface area (Å²) >= 11 is 0. The molecule has 0 aliphatic carbocycles. The quantitative estimate of drug-likeness (QED) is 0.140. The van der Waals surface area contributed by atoms with Crippen LogP contribution >= 0.6 is 0 Å². The molecule has 0 radical (unpaired) electrons. The molecule has 0 saturated heterocycles. The lowest BCUT2D eigenvalue weighted by molar-refractivity contribution is -0.142. The Morgan fingerprint density at radius 2 is 1.36 bits per heavy atom. The van der Waals surface area contributed by atoms with Gasteiger partial charge in [0.25, 0.3) is 0 Å². The van der Waals surface area contributed by atoms with Gasteiger partial charge in [0.2, 0.25) is 17.7 Å². The van der Waals surface area contributed by atoms with Gasteiger partial charge in [0.05, 0.1) is 12.5 Å². The number of nitrogens with one attached hydrogen (secondary N) is 4. The van der Waals surface area contributed by atoms with Gasteiger partial charge in [0.1, 0.15) is 18.1 Å². The zero-order valence-electron chi connectivity index (χ0n) is 23.5. The van der Waals surface area contributed by atoms with Crippen molar-refractivity contribution in [1.82, 2.24) is 20.9 Å². The third-order valence-electron chi connectivity index (χ3n) is 6.70. The standard InChI is InChI=1S/C30H37N5O7/c1-17(2)12-25(30(41)42)35-28(39)23(13-18-8-4-3-5-9-18)34-29(40)24(33-27(38)21(31)15-26(36)37)14-19-16-32-22-11-7-6-10-20(19)22/h3-11,16-17,21,23-25,32H,12-15,31H2,1-2H3,(H,33,38)(H,34,40)(H,35,39)(H,36,37)(H,41,42). The number of aromatic nitrogens is 1. The van der Waals surface area contributed by atoms with Crippen LogP contribution in [0.4, 0.5) is 0 Å². The number of H-pyrrole nitrogens is 1. The summed E-state index contributed by atoms with van der Waals surface area (Å²) < 4.78 is 0. The fourth-order valence-electron chi connectivity index (χ4n) is 4.59.